The van der Waals surface area contributed by atoms with E-state index in [-0.39, 0.29) is 6.04 Å². The predicted octanol–water partition coefficient (Wildman–Crippen LogP) is 2.42. The van der Waals surface area contributed by atoms with Gasteiger partial charge in [-0.25, -0.2) is 0 Å². The molecule has 0 aliphatic rings. The molecule has 2 rings (SSSR count). The molecule has 3 N–H and O–H groups in total. The van der Waals surface area contributed by atoms with Gasteiger partial charge >= 0.3 is 0 Å². The Morgan fingerprint density at radius 1 is 1.28 bits per heavy atom. The Morgan fingerprint density at radius 2 is 2.06 bits per heavy atom. The summed E-state index contributed by atoms with van der Waals surface area (Å²) < 4.78 is 0. The molecular weight excluding hydrogens is 224 g/mol. The molecule has 0 saturated heterocycles. The monoisotopic (exact) mass is 244 g/mol. The number of hydrogen-bond donors (Lipinski definition) is 2. The molecule has 0 fully saturated rings. The Labute approximate surface area is 108 Å². The van der Waals surface area contributed by atoms with Crippen LogP contribution < -0.4 is 11.1 Å². The first-order valence-electron chi connectivity index (χ1n) is 6.37. The number of rotatable bonds is 5. The minimum Gasteiger partial charge on any atom is -0.364 e. The predicted molar refractivity (Wildman–Crippen MR) is 75.5 cm³/mol. The highest BCUT2D eigenvalue weighted by molar-refractivity contribution is 5.90. The molecule has 0 bridgehead atoms. The fraction of sp³-hybridized carbons (Fsp3) is 0.429. The van der Waals surface area contributed by atoms with E-state index in [4.69, 9.17) is 5.73 Å². The summed E-state index contributed by atoms with van der Waals surface area (Å²) in [7, 11) is 0. The molecule has 1 aromatic heterocycles. The molecule has 1 unspecified atom stereocenters. The van der Waals surface area contributed by atoms with Crippen molar-refractivity contribution in [2.45, 2.75) is 26.3 Å². The molecule has 0 radical (unpaired) electrons. The van der Waals surface area contributed by atoms with E-state index in [2.05, 4.69) is 35.4 Å². The van der Waals surface area contributed by atoms with E-state index < -0.39 is 0 Å². The van der Waals surface area contributed by atoms with Crippen LogP contribution in [-0.2, 0) is 0 Å². The van der Waals surface area contributed by atoms with Crippen molar-refractivity contribution in [2.75, 3.05) is 11.9 Å². The maximum absolute atomic E-state index is 5.80. The fourth-order valence-corrected chi connectivity index (χ4v) is 2.11. The third-order valence-corrected chi connectivity index (χ3v) is 2.95. The molecule has 1 aromatic carbocycles. The Hall–Kier alpha value is -1.68. The third kappa shape index (κ3) is 2.96. The lowest BCUT2D eigenvalue weighted by Crippen LogP contribution is -2.30. The Balaban J connectivity index is 2.25. The maximum Gasteiger partial charge on any atom is 0.156 e. The molecule has 4 nitrogen and oxygen atoms in total. The molecule has 0 saturated carbocycles. The molecule has 0 aliphatic heterocycles. The van der Waals surface area contributed by atoms with E-state index in [0.717, 1.165) is 23.0 Å². The summed E-state index contributed by atoms with van der Waals surface area (Å²) in [6.45, 7) is 4.99. The van der Waals surface area contributed by atoms with E-state index in [1.54, 1.807) is 6.20 Å². The van der Waals surface area contributed by atoms with Crippen LogP contribution in [0, 0.1) is 5.92 Å². The van der Waals surface area contributed by atoms with Crippen molar-refractivity contribution in [1.82, 2.24) is 10.2 Å². The average Bonchev–Trinajstić information content (AvgIpc) is 2.38. The number of hydrogen-bond acceptors (Lipinski definition) is 4. The standard InChI is InChI=1S/C14H20N4/c1-10(2)7-12(8-15)17-14-13-6-4-3-5-11(13)9-16-18-14/h3-6,9-10,12H,7-8,15H2,1-2H3,(H,17,18). The van der Waals surface area contributed by atoms with Crippen LogP contribution in [0.2, 0.25) is 0 Å². The summed E-state index contributed by atoms with van der Waals surface area (Å²) >= 11 is 0. The number of nitrogens with zero attached hydrogens (tertiary/aromatic N) is 2. The lowest BCUT2D eigenvalue weighted by atomic mass is 10.0. The van der Waals surface area contributed by atoms with Crippen molar-refractivity contribution in [3.05, 3.63) is 30.5 Å². The van der Waals surface area contributed by atoms with Crippen LogP contribution in [0.5, 0.6) is 0 Å². The normalized spacial score (nSPS) is 12.9. The van der Waals surface area contributed by atoms with E-state index >= 15 is 0 Å². The van der Waals surface area contributed by atoms with E-state index in [9.17, 15) is 0 Å². The second kappa shape index (κ2) is 5.78. The van der Waals surface area contributed by atoms with Gasteiger partial charge in [-0.05, 0) is 12.3 Å². The van der Waals surface area contributed by atoms with Crippen LogP contribution >= 0.6 is 0 Å². The number of anilines is 1. The van der Waals surface area contributed by atoms with Gasteiger partial charge in [-0.2, -0.15) is 5.10 Å². The van der Waals surface area contributed by atoms with Gasteiger partial charge in [0.25, 0.3) is 0 Å². The van der Waals surface area contributed by atoms with Crippen molar-refractivity contribution in [3.63, 3.8) is 0 Å². The molecule has 0 aliphatic carbocycles. The van der Waals surface area contributed by atoms with Gasteiger partial charge in [0.05, 0.1) is 6.20 Å². The topological polar surface area (TPSA) is 63.8 Å². The zero-order valence-corrected chi connectivity index (χ0v) is 10.9. The van der Waals surface area contributed by atoms with Gasteiger partial charge in [0.1, 0.15) is 0 Å². The highest BCUT2D eigenvalue weighted by Gasteiger charge is 2.11. The lowest BCUT2D eigenvalue weighted by Gasteiger charge is -2.19. The van der Waals surface area contributed by atoms with Crippen molar-refractivity contribution >= 4 is 16.6 Å². The lowest BCUT2D eigenvalue weighted by molar-refractivity contribution is 0.521. The number of nitrogens with one attached hydrogen (secondary N) is 1. The first kappa shape index (κ1) is 12.8. The van der Waals surface area contributed by atoms with Crippen molar-refractivity contribution < 1.29 is 0 Å². The summed E-state index contributed by atoms with van der Waals surface area (Å²) in [5.41, 5.74) is 5.80. The van der Waals surface area contributed by atoms with Crippen LogP contribution in [0.25, 0.3) is 10.8 Å². The number of nitrogens with two attached hydrogens (primary N) is 1. The Bertz CT molecular complexity index is 505. The van der Waals surface area contributed by atoms with Gasteiger partial charge in [0.15, 0.2) is 5.82 Å². The van der Waals surface area contributed by atoms with Crippen LogP contribution in [-0.4, -0.2) is 22.8 Å². The molecule has 18 heavy (non-hydrogen) atoms. The largest absolute Gasteiger partial charge is 0.364 e. The third-order valence-electron chi connectivity index (χ3n) is 2.95. The first-order valence-corrected chi connectivity index (χ1v) is 6.37. The molecule has 4 heteroatoms. The zero-order chi connectivity index (χ0) is 13.0. The summed E-state index contributed by atoms with van der Waals surface area (Å²) in [6, 6.07) is 8.34. The summed E-state index contributed by atoms with van der Waals surface area (Å²) in [5, 5.41) is 13.8. The molecule has 0 amide bonds. The van der Waals surface area contributed by atoms with Gasteiger partial charge in [-0.1, -0.05) is 38.1 Å². The SMILES string of the molecule is CC(C)CC(CN)Nc1nncc2ccccc12. The molecule has 1 heterocycles. The highest BCUT2D eigenvalue weighted by atomic mass is 15.2. The van der Waals surface area contributed by atoms with Crippen LogP contribution in [0.15, 0.2) is 30.5 Å². The molecular formula is C14H20N4. The average molecular weight is 244 g/mol. The minimum atomic E-state index is 0.241. The van der Waals surface area contributed by atoms with Gasteiger partial charge in [0, 0.05) is 23.4 Å². The quantitative estimate of drug-likeness (QED) is 0.847. The first-order chi connectivity index (χ1) is 8.70. The summed E-state index contributed by atoms with van der Waals surface area (Å²) in [5.74, 6) is 1.43. The maximum atomic E-state index is 5.80. The Morgan fingerprint density at radius 3 is 2.78 bits per heavy atom. The molecule has 2 aromatic rings. The van der Waals surface area contributed by atoms with E-state index in [1.165, 1.54) is 0 Å². The second-order valence-corrected chi connectivity index (χ2v) is 4.99. The van der Waals surface area contributed by atoms with Crippen LogP contribution in [0.1, 0.15) is 20.3 Å². The summed E-state index contributed by atoms with van der Waals surface area (Å²) in [6.07, 6.45) is 2.81. The second-order valence-electron chi connectivity index (χ2n) is 4.99. The fourth-order valence-electron chi connectivity index (χ4n) is 2.11. The summed E-state index contributed by atoms with van der Waals surface area (Å²) in [4.78, 5) is 0. The smallest absolute Gasteiger partial charge is 0.156 e. The zero-order valence-electron chi connectivity index (χ0n) is 10.9. The minimum absolute atomic E-state index is 0.241. The van der Waals surface area contributed by atoms with Crippen LogP contribution in [0.3, 0.4) is 0 Å². The molecule has 0 spiro atoms. The van der Waals surface area contributed by atoms with Crippen molar-refractivity contribution in [1.29, 1.82) is 0 Å². The highest BCUT2D eigenvalue weighted by Crippen LogP contribution is 2.20. The van der Waals surface area contributed by atoms with Crippen LogP contribution in [0.4, 0.5) is 5.82 Å². The van der Waals surface area contributed by atoms with Gasteiger partial charge in [-0.15, -0.1) is 5.10 Å². The number of fused-ring (bicyclic) bond motifs is 1. The molecule has 96 valence electrons. The van der Waals surface area contributed by atoms with Gasteiger partial charge < -0.3 is 11.1 Å². The van der Waals surface area contributed by atoms with Gasteiger partial charge in [-0.3, -0.25) is 0 Å². The Kier molecular flexibility index (Phi) is 4.10. The van der Waals surface area contributed by atoms with E-state index in [1.807, 2.05) is 18.2 Å². The van der Waals surface area contributed by atoms with Gasteiger partial charge in [0.2, 0.25) is 0 Å². The number of aromatic nitrogens is 2. The number of benzene rings is 1. The van der Waals surface area contributed by atoms with E-state index in [0.29, 0.717) is 12.5 Å². The van der Waals surface area contributed by atoms with Crippen molar-refractivity contribution in [3.8, 4) is 0 Å². The molecule has 1 atom stereocenters. The van der Waals surface area contributed by atoms with Crippen molar-refractivity contribution in [2.24, 2.45) is 11.7 Å².